The molecule has 2 heteroatoms. The minimum Gasteiger partial charge on any atom is -0.325 e. The maximum Gasteiger partial charge on any atom is 0.0282 e. The maximum atomic E-state index is 6.28. The molecule has 0 radical (unpaired) electrons. The van der Waals surface area contributed by atoms with E-state index in [1.807, 2.05) is 0 Å². The molecule has 4 fully saturated rings. The number of nitrogens with zero attached hydrogens (tertiary/aromatic N) is 1. The Morgan fingerprint density at radius 3 is 2.25 bits per heavy atom. The van der Waals surface area contributed by atoms with Gasteiger partial charge in [-0.15, -0.1) is 0 Å². The third kappa shape index (κ3) is 1.70. The maximum absolute atomic E-state index is 6.28. The fourth-order valence-corrected chi connectivity index (χ4v) is 5.98. The summed E-state index contributed by atoms with van der Waals surface area (Å²) in [5.41, 5.74) is 7.88. The highest BCUT2D eigenvalue weighted by Crippen LogP contribution is 2.72. The third-order valence-corrected chi connectivity index (χ3v) is 7.67. The first-order valence-corrected chi connectivity index (χ1v) is 9.05. The Morgan fingerprint density at radius 1 is 1.05 bits per heavy atom. The van der Waals surface area contributed by atoms with E-state index in [1.165, 1.54) is 70.9 Å². The number of nitrogens with two attached hydrogens (primary N) is 1. The van der Waals surface area contributed by atoms with Gasteiger partial charge in [-0.1, -0.05) is 13.3 Å². The van der Waals surface area contributed by atoms with Crippen molar-refractivity contribution in [3.8, 4) is 0 Å². The SMILES string of the molecule is CCC1CCC12CN(C[C@H]1CC[C@@](C)(N)CC1)C21CC1. The van der Waals surface area contributed by atoms with Gasteiger partial charge in [0.1, 0.15) is 0 Å². The van der Waals surface area contributed by atoms with Crippen LogP contribution in [0.1, 0.15) is 71.6 Å². The van der Waals surface area contributed by atoms with Gasteiger partial charge in [0.25, 0.3) is 0 Å². The lowest BCUT2D eigenvalue weighted by molar-refractivity contribution is -0.192. The summed E-state index contributed by atoms with van der Waals surface area (Å²) in [5.74, 6) is 1.99. The van der Waals surface area contributed by atoms with Gasteiger partial charge in [-0.05, 0) is 70.1 Å². The van der Waals surface area contributed by atoms with Crippen LogP contribution in [0.5, 0.6) is 0 Å². The molecule has 1 saturated heterocycles. The quantitative estimate of drug-likeness (QED) is 0.854. The van der Waals surface area contributed by atoms with Crippen LogP contribution in [0.4, 0.5) is 0 Å². The normalized spacial score (nSPS) is 50.0. The van der Waals surface area contributed by atoms with Crippen molar-refractivity contribution < 1.29 is 0 Å². The average molecular weight is 276 g/mol. The smallest absolute Gasteiger partial charge is 0.0282 e. The predicted octanol–water partition coefficient (Wildman–Crippen LogP) is 3.55. The van der Waals surface area contributed by atoms with E-state index in [0.29, 0.717) is 5.54 Å². The summed E-state index contributed by atoms with van der Waals surface area (Å²) >= 11 is 0. The van der Waals surface area contributed by atoms with Crippen LogP contribution in [0.25, 0.3) is 0 Å². The van der Waals surface area contributed by atoms with Crippen LogP contribution in [0.15, 0.2) is 0 Å². The number of fused-ring (bicyclic) bond motifs is 1. The zero-order valence-corrected chi connectivity index (χ0v) is 13.5. The number of rotatable bonds is 3. The fourth-order valence-electron chi connectivity index (χ4n) is 5.98. The number of hydrogen-bond acceptors (Lipinski definition) is 2. The summed E-state index contributed by atoms with van der Waals surface area (Å²) in [5, 5.41) is 0. The van der Waals surface area contributed by atoms with Crippen LogP contribution in [-0.4, -0.2) is 29.1 Å². The Morgan fingerprint density at radius 2 is 1.75 bits per heavy atom. The monoisotopic (exact) mass is 276 g/mol. The van der Waals surface area contributed by atoms with Crippen molar-refractivity contribution in [2.45, 2.75) is 82.7 Å². The average Bonchev–Trinajstić information content (AvgIpc) is 3.17. The molecule has 0 bridgehead atoms. The van der Waals surface area contributed by atoms with Gasteiger partial charge in [-0.3, -0.25) is 4.90 Å². The van der Waals surface area contributed by atoms with Gasteiger partial charge in [0, 0.05) is 29.6 Å². The molecule has 4 rings (SSSR count). The molecular formula is C18H32N2. The molecule has 0 aromatic heterocycles. The second-order valence-corrected chi connectivity index (χ2v) is 8.81. The molecule has 3 saturated carbocycles. The Kier molecular flexibility index (Phi) is 2.87. The van der Waals surface area contributed by atoms with Gasteiger partial charge < -0.3 is 5.73 Å². The molecule has 2 nitrogen and oxygen atoms in total. The highest BCUT2D eigenvalue weighted by atomic mass is 15.3. The molecule has 0 aromatic rings. The zero-order valence-electron chi connectivity index (χ0n) is 13.5. The van der Waals surface area contributed by atoms with Crippen LogP contribution < -0.4 is 5.73 Å². The first-order chi connectivity index (χ1) is 9.51. The first-order valence-electron chi connectivity index (χ1n) is 9.05. The molecule has 0 amide bonds. The van der Waals surface area contributed by atoms with E-state index >= 15 is 0 Å². The number of hydrogen-bond donors (Lipinski definition) is 1. The number of likely N-dealkylation sites (tertiary alicyclic amines) is 1. The molecule has 1 heterocycles. The summed E-state index contributed by atoms with van der Waals surface area (Å²) in [6.45, 7) is 7.47. The van der Waals surface area contributed by atoms with E-state index in [-0.39, 0.29) is 5.54 Å². The molecule has 0 aromatic carbocycles. The van der Waals surface area contributed by atoms with Crippen molar-refractivity contribution in [3.63, 3.8) is 0 Å². The minimum atomic E-state index is 0.130. The summed E-state index contributed by atoms with van der Waals surface area (Å²) in [6, 6.07) is 0. The first kappa shape index (κ1) is 13.6. The summed E-state index contributed by atoms with van der Waals surface area (Å²) in [6.07, 6.45) is 12.7. The molecule has 20 heavy (non-hydrogen) atoms. The minimum absolute atomic E-state index is 0.130. The second kappa shape index (κ2) is 4.23. The van der Waals surface area contributed by atoms with Crippen molar-refractivity contribution in [1.29, 1.82) is 0 Å². The Labute approximate surface area is 124 Å². The van der Waals surface area contributed by atoms with Crippen LogP contribution >= 0.6 is 0 Å². The lowest BCUT2D eigenvalue weighted by Crippen LogP contribution is -2.73. The lowest BCUT2D eigenvalue weighted by atomic mass is 9.49. The van der Waals surface area contributed by atoms with Gasteiger partial charge in [-0.2, -0.15) is 0 Å². The largest absolute Gasteiger partial charge is 0.325 e. The van der Waals surface area contributed by atoms with E-state index < -0.39 is 0 Å². The van der Waals surface area contributed by atoms with Gasteiger partial charge in [-0.25, -0.2) is 0 Å². The van der Waals surface area contributed by atoms with Crippen molar-refractivity contribution in [2.75, 3.05) is 13.1 Å². The van der Waals surface area contributed by atoms with Crippen molar-refractivity contribution in [2.24, 2.45) is 23.0 Å². The van der Waals surface area contributed by atoms with E-state index in [0.717, 1.165) is 17.3 Å². The van der Waals surface area contributed by atoms with Crippen molar-refractivity contribution >= 4 is 0 Å². The van der Waals surface area contributed by atoms with Crippen molar-refractivity contribution in [3.05, 3.63) is 0 Å². The van der Waals surface area contributed by atoms with Gasteiger partial charge >= 0.3 is 0 Å². The van der Waals surface area contributed by atoms with Crippen LogP contribution in [0, 0.1) is 17.3 Å². The fraction of sp³-hybridized carbons (Fsp3) is 1.00. The summed E-state index contributed by atoms with van der Waals surface area (Å²) in [4.78, 5) is 2.90. The molecule has 2 spiro atoms. The molecule has 114 valence electrons. The molecule has 2 atom stereocenters. The van der Waals surface area contributed by atoms with E-state index in [9.17, 15) is 0 Å². The standard InChI is InChI=1S/C18H32N2/c1-3-15-6-9-17(15)13-20(18(17)10-11-18)12-14-4-7-16(2,19)8-5-14/h14-15H,3-13,19H2,1-2H3/t14-,15?,16+,17?. The van der Waals surface area contributed by atoms with Gasteiger partial charge in [0.15, 0.2) is 0 Å². The second-order valence-electron chi connectivity index (χ2n) is 8.81. The molecular weight excluding hydrogens is 244 g/mol. The zero-order chi connectivity index (χ0) is 14.0. The Hall–Kier alpha value is -0.0800. The van der Waals surface area contributed by atoms with Crippen LogP contribution in [0.2, 0.25) is 0 Å². The highest BCUT2D eigenvalue weighted by Gasteiger charge is 2.74. The Balaban J connectivity index is 1.36. The van der Waals surface area contributed by atoms with E-state index in [1.54, 1.807) is 0 Å². The molecule has 3 aliphatic carbocycles. The van der Waals surface area contributed by atoms with Crippen molar-refractivity contribution in [1.82, 2.24) is 4.90 Å². The van der Waals surface area contributed by atoms with E-state index in [2.05, 4.69) is 18.7 Å². The topological polar surface area (TPSA) is 29.3 Å². The predicted molar refractivity (Wildman–Crippen MR) is 83.5 cm³/mol. The highest BCUT2D eigenvalue weighted by molar-refractivity contribution is 5.28. The summed E-state index contributed by atoms with van der Waals surface area (Å²) in [7, 11) is 0. The molecule has 4 aliphatic rings. The van der Waals surface area contributed by atoms with Crippen LogP contribution in [-0.2, 0) is 0 Å². The van der Waals surface area contributed by atoms with Crippen LogP contribution in [0.3, 0.4) is 0 Å². The summed E-state index contributed by atoms with van der Waals surface area (Å²) < 4.78 is 0. The lowest BCUT2D eigenvalue weighted by Gasteiger charge is -2.68. The van der Waals surface area contributed by atoms with Gasteiger partial charge in [0.05, 0.1) is 0 Å². The Bertz CT molecular complexity index is 386. The molecule has 1 aliphatic heterocycles. The van der Waals surface area contributed by atoms with E-state index in [4.69, 9.17) is 5.73 Å². The van der Waals surface area contributed by atoms with Gasteiger partial charge in [0.2, 0.25) is 0 Å². The third-order valence-electron chi connectivity index (χ3n) is 7.67. The molecule has 2 N–H and O–H groups in total. The molecule has 2 unspecified atom stereocenters.